The maximum atomic E-state index is 6.01. The Morgan fingerprint density at radius 1 is 1.30 bits per heavy atom. The molecule has 1 aromatic carbocycles. The summed E-state index contributed by atoms with van der Waals surface area (Å²) < 4.78 is 1.75. The van der Waals surface area contributed by atoms with Crippen LogP contribution in [-0.4, -0.2) is 19.7 Å². The maximum absolute atomic E-state index is 6.01. The summed E-state index contributed by atoms with van der Waals surface area (Å²) in [4.78, 5) is 8.71. The molecular weight excluding hydrogens is 274 g/mol. The molecule has 20 heavy (non-hydrogen) atoms. The number of fused-ring (bicyclic) bond motifs is 1. The summed E-state index contributed by atoms with van der Waals surface area (Å²) in [6, 6.07) is 5.95. The number of halogens is 1. The molecule has 0 bridgehead atoms. The molecule has 0 aliphatic carbocycles. The number of anilines is 1. The number of nitrogens with one attached hydrogen (secondary N) is 1. The first-order valence-electron chi connectivity index (χ1n) is 6.27. The third kappa shape index (κ3) is 2.44. The second-order valence-corrected chi connectivity index (χ2v) is 5.08. The van der Waals surface area contributed by atoms with Crippen LogP contribution in [0.4, 0.5) is 5.95 Å². The molecular formula is C14H14ClN5. The van der Waals surface area contributed by atoms with Crippen LogP contribution in [-0.2, 0) is 13.6 Å². The number of benzene rings is 1. The van der Waals surface area contributed by atoms with Gasteiger partial charge in [0.25, 0.3) is 0 Å². The lowest BCUT2D eigenvalue weighted by atomic mass is 10.1. The zero-order valence-electron chi connectivity index (χ0n) is 11.3. The maximum Gasteiger partial charge on any atom is 0.223 e. The predicted molar refractivity (Wildman–Crippen MR) is 79.8 cm³/mol. The van der Waals surface area contributed by atoms with Crippen LogP contribution in [0.3, 0.4) is 0 Å². The summed E-state index contributed by atoms with van der Waals surface area (Å²) in [5, 5.41) is 8.13. The van der Waals surface area contributed by atoms with E-state index in [0.717, 1.165) is 27.2 Å². The molecule has 0 saturated heterocycles. The Morgan fingerprint density at radius 3 is 2.95 bits per heavy atom. The zero-order chi connectivity index (χ0) is 14.1. The van der Waals surface area contributed by atoms with Crippen molar-refractivity contribution in [2.24, 2.45) is 7.05 Å². The lowest BCUT2D eigenvalue weighted by molar-refractivity contribution is 0.795. The first-order valence-corrected chi connectivity index (χ1v) is 6.65. The van der Waals surface area contributed by atoms with Crippen LogP contribution in [0.15, 0.2) is 30.6 Å². The highest BCUT2D eigenvalue weighted by Gasteiger charge is 2.04. The van der Waals surface area contributed by atoms with Gasteiger partial charge < -0.3 is 5.32 Å². The fourth-order valence-electron chi connectivity index (χ4n) is 2.02. The fourth-order valence-corrected chi connectivity index (χ4v) is 2.14. The van der Waals surface area contributed by atoms with E-state index in [-0.39, 0.29) is 0 Å². The van der Waals surface area contributed by atoms with Crippen molar-refractivity contribution < 1.29 is 0 Å². The van der Waals surface area contributed by atoms with Gasteiger partial charge in [0.15, 0.2) is 0 Å². The highest BCUT2D eigenvalue weighted by molar-refractivity contribution is 6.31. The molecule has 3 aromatic rings. The molecule has 2 heterocycles. The van der Waals surface area contributed by atoms with Crippen LogP contribution in [0.5, 0.6) is 0 Å². The lowest BCUT2D eigenvalue weighted by Crippen LogP contribution is -2.03. The SMILES string of the molecule is Cc1cc(CNc2ncc3c(cnn3C)n2)ccc1Cl. The van der Waals surface area contributed by atoms with Gasteiger partial charge in [-0.15, -0.1) is 0 Å². The van der Waals surface area contributed by atoms with Gasteiger partial charge in [0, 0.05) is 18.6 Å². The normalized spacial score (nSPS) is 10.9. The van der Waals surface area contributed by atoms with Gasteiger partial charge >= 0.3 is 0 Å². The molecule has 0 aliphatic heterocycles. The van der Waals surface area contributed by atoms with Gasteiger partial charge in [-0.25, -0.2) is 9.97 Å². The van der Waals surface area contributed by atoms with E-state index in [2.05, 4.69) is 26.4 Å². The largest absolute Gasteiger partial charge is 0.350 e. The second-order valence-electron chi connectivity index (χ2n) is 4.67. The van der Waals surface area contributed by atoms with Crippen molar-refractivity contribution >= 4 is 28.6 Å². The van der Waals surface area contributed by atoms with Crippen molar-refractivity contribution in [3.63, 3.8) is 0 Å². The first-order chi connectivity index (χ1) is 9.63. The average molecular weight is 288 g/mol. The van der Waals surface area contributed by atoms with Gasteiger partial charge in [-0.3, -0.25) is 4.68 Å². The molecule has 0 atom stereocenters. The molecule has 0 amide bonds. The van der Waals surface area contributed by atoms with Gasteiger partial charge in [-0.05, 0) is 24.1 Å². The molecule has 2 aromatic heterocycles. The fraction of sp³-hybridized carbons (Fsp3) is 0.214. The number of hydrogen-bond acceptors (Lipinski definition) is 4. The molecule has 0 aliphatic rings. The van der Waals surface area contributed by atoms with E-state index in [1.165, 1.54) is 0 Å². The van der Waals surface area contributed by atoms with E-state index in [4.69, 9.17) is 11.6 Å². The van der Waals surface area contributed by atoms with Crippen molar-refractivity contribution in [2.45, 2.75) is 13.5 Å². The predicted octanol–water partition coefficient (Wildman–Crippen LogP) is 2.94. The van der Waals surface area contributed by atoms with Gasteiger partial charge in [0.2, 0.25) is 5.95 Å². The number of nitrogens with zero attached hydrogens (tertiary/aromatic N) is 4. The molecule has 102 valence electrons. The topological polar surface area (TPSA) is 55.6 Å². The lowest BCUT2D eigenvalue weighted by Gasteiger charge is -2.06. The number of aromatic nitrogens is 4. The third-order valence-corrected chi connectivity index (χ3v) is 3.60. The van der Waals surface area contributed by atoms with Crippen molar-refractivity contribution in [3.05, 3.63) is 46.7 Å². The van der Waals surface area contributed by atoms with E-state index >= 15 is 0 Å². The van der Waals surface area contributed by atoms with E-state index < -0.39 is 0 Å². The number of rotatable bonds is 3. The minimum absolute atomic E-state index is 0.595. The minimum Gasteiger partial charge on any atom is -0.350 e. The standard InChI is InChI=1S/C14H14ClN5/c1-9-5-10(3-4-11(9)15)6-16-14-17-8-13-12(19-14)7-18-20(13)2/h3-5,7-8H,6H2,1-2H3,(H,16,17,19). The van der Waals surface area contributed by atoms with E-state index in [9.17, 15) is 0 Å². The molecule has 3 rings (SSSR count). The number of hydrogen-bond donors (Lipinski definition) is 1. The second kappa shape index (κ2) is 5.09. The molecule has 0 unspecified atom stereocenters. The Morgan fingerprint density at radius 2 is 2.15 bits per heavy atom. The van der Waals surface area contributed by atoms with E-state index in [1.54, 1.807) is 17.1 Å². The highest BCUT2D eigenvalue weighted by Crippen LogP contribution is 2.17. The summed E-state index contributed by atoms with van der Waals surface area (Å²) >= 11 is 6.01. The average Bonchev–Trinajstić information content (AvgIpc) is 2.81. The summed E-state index contributed by atoms with van der Waals surface area (Å²) in [5.74, 6) is 0.595. The molecule has 0 fully saturated rings. The monoisotopic (exact) mass is 287 g/mol. The molecule has 1 N–H and O–H groups in total. The zero-order valence-corrected chi connectivity index (χ0v) is 12.0. The van der Waals surface area contributed by atoms with Crippen LogP contribution < -0.4 is 5.32 Å². The smallest absolute Gasteiger partial charge is 0.223 e. The Hall–Kier alpha value is -2.14. The first kappa shape index (κ1) is 12.9. The summed E-state index contributed by atoms with van der Waals surface area (Å²) in [6.07, 6.45) is 3.50. The molecule has 0 saturated carbocycles. The Balaban J connectivity index is 1.77. The molecule has 0 spiro atoms. The summed E-state index contributed by atoms with van der Waals surface area (Å²) in [5.41, 5.74) is 3.95. The van der Waals surface area contributed by atoms with Crippen LogP contribution >= 0.6 is 11.6 Å². The minimum atomic E-state index is 0.595. The highest BCUT2D eigenvalue weighted by atomic mass is 35.5. The Kier molecular flexibility index (Phi) is 3.28. The van der Waals surface area contributed by atoms with Crippen LogP contribution in [0.25, 0.3) is 11.0 Å². The van der Waals surface area contributed by atoms with Gasteiger partial charge in [0.05, 0.1) is 12.4 Å². The van der Waals surface area contributed by atoms with Gasteiger partial charge in [0.1, 0.15) is 11.0 Å². The Labute approximate surface area is 121 Å². The van der Waals surface area contributed by atoms with Gasteiger partial charge in [-0.1, -0.05) is 23.7 Å². The quantitative estimate of drug-likeness (QED) is 0.805. The van der Waals surface area contributed by atoms with E-state index in [0.29, 0.717) is 12.5 Å². The summed E-state index contributed by atoms with van der Waals surface area (Å²) in [7, 11) is 1.87. The van der Waals surface area contributed by atoms with Crippen LogP contribution in [0.1, 0.15) is 11.1 Å². The van der Waals surface area contributed by atoms with E-state index in [1.807, 2.05) is 26.1 Å². The number of aryl methyl sites for hydroxylation is 2. The van der Waals surface area contributed by atoms with Crippen molar-refractivity contribution in [1.82, 2.24) is 19.7 Å². The molecule has 5 nitrogen and oxygen atoms in total. The van der Waals surface area contributed by atoms with Gasteiger partial charge in [-0.2, -0.15) is 5.10 Å². The van der Waals surface area contributed by atoms with Crippen molar-refractivity contribution in [3.8, 4) is 0 Å². The Bertz CT molecular complexity index is 765. The third-order valence-electron chi connectivity index (χ3n) is 3.17. The van der Waals surface area contributed by atoms with Crippen molar-refractivity contribution in [2.75, 3.05) is 5.32 Å². The summed E-state index contributed by atoms with van der Waals surface area (Å²) in [6.45, 7) is 2.65. The van der Waals surface area contributed by atoms with Crippen molar-refractivity contribution in [1.29, 1.82) is 0 Å². The molecule has 0 radical (unpaired) electrons. The molecule has 6 heteroatoms. The van der Waals surface area contributed by atoms with Crippen LogP contribution in [0, 0.1) is 6.92 Å². The van der Waals surface area contributed by atoms with Crippen LogP contribution in [0.2, 0.25) is 5.02 Å².